The standard InChI is InChI=1S/C28H34N6O2/c1-18(2)36-16-8-15-30-27(35)23-24-26(33-22-10-7-6-9-21(22)32-24)34(25(23)29)31-17-19-11-13-20(14-12-19)28(3,4)5/h6-7,9-14,17-18H,8,15-16,29H2,1-5H3,(H,30,35). The van der Waals surface area contributed by atoms with Gasteiger partial charge in [-0.2, -0.15) is 9.78 Å². The SMILES string of the molecule is CC(C)OCCCNC(=O)c1c(N)n(N=Cc2ccc(C(C)(C)C)cc2)c2nc3ccccc3nc12. The van der Waals surface area contributed by atoms with E-state index in [1.165, 1.54) is 10.2 Å². The summed E-state index contributed by atoms with van der Waals surface area (Å²) in [6.45, 7) is 11.5. The van der Waals surface area contributed by atoms with Crippen molar-refractivity contribution in [2.45, 2.75) is 52.6 Å². The van der Waals surface area contributed by atoms with Crippen molar-refractivity contribution in [1.82, 2.24) is 20.0 Å². The zero-order valence-electron chi connectivity index (χ0n) is 21.6. The molecule has 8 nitrogen and oxygen atoms in total. The zero-order valence-corrected chi connectivity index (χ0v) is 21.6. The average Bonchev–Trinajstić information content (AvgIpc) is 3.10. The number of fused-ring (bicyclic) bond motifs is 2. The first-order chi connectivity index (χ1) is 17.1. The van der Waals surface area contributed by atoms with Gasteiger partial charge in [-0.05, 0) is 48.9 Å². The summed E-state index contributed by atoms with van der Waals surface area (Å²) >= 11 is 0. The Kier molecular flexibility index (Phi) is 7.35. The number of hydrogen-bond acceptors (Lipinski definition) is 6. The molecular weight excluding hydrogens is 452 g/mol. The summed E-state index contributed by atoms with van der Waals surface area (Å²) in [6.07, 6.45) is 2.56. The summed E-state index contributed by atoms with van der Waals surface area (Å²) in [5, 5.41) is 7.53. The largest absolute Gasteiger partial charge is 0.383 e. The Morgan fingerprint density at radius 3 is 2.42 bits per heavy atom. The number of nitrogens with two attached hydrogens (primary N) is 1. The third-order valence-electron chi connectivity index (χ3n) is 5.86. The van der Waals surface area contributed by atoms with Crippen molar-refractivity contribution in [2.75, 3.05) is 18.9 Å². The number of nitrogens with zero attached hydrogens (tertiary/aromatic N) is 4. The number of amides is 1. The molecule has 0 atom stereocenters. The minimum absolute atomic E-state index is 0.0660. The minimum Gasteiger partial charge on any atom is -0.383 e. The van der Waals surface area contributed by atoms with Crippen molar-refractivity contribution < 1.29 is 9.53 Å². The Balaban J connectivity index is 1.69. The zero-order chi connectivity index (χ0) is 25.9. The first-order valence-corrected chi connectivity index (χ1v) is 12.3. The molecule has 0 unspecified atom stereocenters. The second-order valence-electron chi connectivity index (χ2n) is 10.1. The molecule has 0 spiro atoms. The number of hydrogen-bond donors (Lipinski definition) is 2. The average molecular weight is 487 g/mol. The fourth-order valence-electron chi connectivity index (χ4n) is 3.86. The Bertz CT molecular complexity index is 1400. The molecule has 0 saturated carbocycles. The number of rotatable bonds is 8. The molecule has 2 heterocycles. The number of nitrogens with one attached hydrogen (secondary N) is 1. The van der Waals surface area contributed by atoms with Crippen LogP contribution in [-0.4, -0.2) is 46.0 Å². The molecular formula is C28H34N6O2. The smallest absolute Gasteiger partial charge is 0.257 e. The van der Waals surface area contributed by atoms with Gasteiger partial charge in [0.05, 0.1) is 23.4 Å². The van der Waals surface area contributed by atoms with Crippen LogP contribution in [0.15, 0.2) is 53.6 Å². The predicted molar refractivity (Wildman–Crippen MR) is 146 cm³/mol. The second kappa shape index (κ2) is 10.5. The van der Waals surface area contributed by atoms with E-state index in [9.17, 15) is 4.79 Å². The highest BCUT2D eigenvalue weighted by Gasteiger charge is 2.24. The number of para-hydroxylation sites is 2. The van der Waals surface area contributed by atoms with Crippen molar-refractivity contribution in [3.8, 4) is 0 Å². The van der Waals surface area contributed by atoms with Gasteiger partial charge in [-0.25, -0.2) is 9.97 Å². The molecule has 36 heavy (non-hydrogen) atoms. The lowest BCUT2D eigenvalue weighted by Gasteiger charge is -2.18. The lowest BCUT2D eigenvalue weighted by atomic mass is 9.87. The third-order valence-corrected chi connectivity index (χ3v) is 5.86. The Hall–Kier alpha value is -3.78. The van der Waals surface area contributed by atoms with E-state index in [1.54, 1.807) is 6.21 Å². The van der Waals surface area contributed by atoms with Crippen LogP contribution in [-0.2, 0) is 10.2 Å². The van der Waals surface area contributed by atoms with Gasteiger partial charge in [0.1, 0.15) is 16.9 Å². The summed E-state index contributed by atoms with van der Waals surface area (Å²) in [6, 6.07) is 15.7. The molecule has 8 heteroatoms. The highest BCUT2D eigenvalue weighted by molar-refractivity contribution is 6.10. The maximum atomic E-state index is 13.2. The van der Waals surface area contributed by atoms with E-state index in [0.29, 0.717) is 41.8 Å². The van der Waals surface area contributed by atoms with Crippen molar-refractivity contribution in [3.05, 3.63) is 65.2 Å². The van der Waals surface area contributed by atoms with E-state index < -0.39 is 0 Å². The molecule has 2 aromatic carbocycles. The van der Waals surface area contributed by atoms with Crippen LogP contribution in [0.2, 0.25) is 0 Å². The Labute approximate surface area is 211 Å². The highest BCUT2D eigenvalue weighted by Crippen LogP contribution is 2.28. The van der Waals surface area contributed by atoms with E-state index in [1.807, 2.05) is 50.2 Å². The van der Waals surface area contributed by atoms with E-state index in [2.05, 4.69) is 43.3 Å². The first-order valence-electron chi connectivity index (χ1n) is 12.3. The number of benzene rings is 2. The maximum absolute atomic E-state index is 13.2. The quantitative estimate of drug-likeness (QED) is 0.272. The van der Waals surface area contributed by atoms with Gasteiger partial charge >= 0.3 is 0 Å². The van der Waals surface area contributed by atoms with Crippen molar-refractivity contribution in [1.29, 1.82) is 0 Å². The van der Waals surface area contributed by atoms with Gasteiger partial charge < -0.3 is 15.8 Å². The minimum atomic E-state index is -0.310. The van der Waals surface area contributed by atoms with Crippen LogP contribution in [0.4, 0.5) is 5.82 Å². The monoisotopic (exact) mass is 486 g/mol. The van der Waals surface area contributed by atoms with Gasteiger partial charge in [0.2, 0.25) is 0 Å². The molecule has 0 fully saturated rings. The molecule has 0 radical (unpaired) electrons. The fourth-order valence-corrected chi connectivity index (χ4v) is 3.86. The van der Waals surface area contributed by atoms with E-state index in [4.69, 9.17) is 20.4 Å². The second-order valence-corrected chi connectivity index (χ2v) is 10.1. The van der Waals surface area contributed by atoms with Gasteiger partial charge in [-0.1, -0.05) is 57.2 Å². The highest BCUT2D eigenvalue weighted by atomic mass is 16.5. The van der Waals surface area contributed by atoms with Gasteiger partial charge in [0.15, 0.2) is 5.65 Å². The van der Waals surface area contributed by atoms with Gasteiger partial charge in [0, 0.05) is 13.2 Å². The van der Waals surface area contributed by atoms with Crippen LogP contribution in [0.3, 0.4) is 0 Å². The summed E-state index contributed by atoms with van der Waals surface area (Å²) in [5.74, 6) is -0.117. The van der Waals surface area contributed by atoms with Crippen LogP contribution >= 0.6 is 0 Å². The topological polar surface area (TPSA) is 107 Å². The summed E-state index contributed by atoms with van der Waals surface area (Å²) in [4.78, 5) is 22.6. The number of nitrogen functional groups attached to an aromatic ring is 1. The van der Waals surface area contributed by atoms with E-state index in [-0.39, 0.29) is 28.8 Å². The molecule has 4 aromatic rings. The van der Waals surface area contributed by atoms with Crippen LogP contribution < -0.4 is 11.1 Å². The van der Waals surface area contributed by atoms with Crippen LogP contribution in [0.1, 0.15) is 62.5 Å². The molecule has 0 saturated heterocycles. The number of anilines is 1. The summed E-state index contributed by atoms with van der Waals surface area (Å²) in [5.41, 5.74) is 11.2. The molecule has 0 aliphatic rings. The van der Waals surface area contributed by atoms with Crippen molar-refractivity contribution in [3.63, 3.8) is 0 Å². The molecule has 3 N–H and O–H groups in total. The van der Waals surface area contributed by atoms with Gasteiger partial charge in [-0.3, -0.25) is 4.79 Å². The molecule has 0 bridgehead atoms. The lowest BCUT2D eigenvalue weighted by molar-refractivity contribution is 0.0757. The van der Waals surface area contributed by atoms with Crippen molar-refractivity contribution in [2.24, 2.45) is 5.10 Å². The fraction of sp³-hybridized carbons (Fsp3) is 0.357. The molecule has 2 aromatic heterocycles. The summed E-state index contributed by atoms with van der Waals surface area (Å²) in [7, 11) is 0. The van der Waals surface area contributed by atoms with E-state index >= 15 is 0 Å². The van der Waals surface area contributed by atoms with Crippen LogP contribution in [0, 0.1) is 0 Å². The Morgan fingerprint density at radius 2 is 1.78 bits per heavy atom. The molecule has 0 aliphatic heterocycles. The first kappa shape index (κ1) is 25.3. The normalized spacial score (nSPS) is 12.3. The lowest BCUT2D eigenvalue weighted by Crippen LogP contribution is -2.26. The molecule has 0 aliphatic carbocycles. The van der Waals surface area contributed by atoms with Gasteiger partial charge in [-0.15, -0.1) is 0 Å². The maximum Gasteiger partial charge on any atom is 0.257 e. The van der Waals surface area contributed by atoms with E-state index in [0.717, 1.165) is 5.56 Å². The van der Waals surface area contributed by atoms with Crippen LogP contribution in [0.25, 0.3) is 22.2 Å². The Morgan fingerprint density at radius 1 is 1.11 bits per heavy atom. The molecule has 1 amide bonds. The third kappa shape index (κ3) is 5.54. The predicted octanol–water partition coefficient (Wildman–Crippen LogP) is 4.89. The van der Waals surface area contributed by atoms with Crippen LogP contribution in [0.5, 0.6) is 0 Å². The number of carbonyl (C=O) groups is 1. The molecule has 188 valence electrons. The number of aromatic nitrogens is 3. The number of ether oxygens (including phenoxy) is 1. The number of carbonyl (C=O) groups excluding carboxylic acids is 1. The summed E-state index contributed by atoms with van der Waals surface area (Å²) < 4.78 is 7.04. The van der Waals surface area contributed by atoms with Gasteiger partial charge in [0.25, 0.3) is 5.91 Å². The molecule has 4 rings (SSSR count). The van der Waals surface area contributed by atoms with Crippen molar-refractivity contribution >= 4 is 40.1 Å².